The lowest BCUT2D eigenvalue weighted by molar-refractivity contribution is -0.124. The molecule has 0 radical (unpaired) electrons. The first-order chi connectivity index (χ1) is 15.9. The molecule has 1 aliphatic heterocycles. The molecule has 0 spiro atoms. The van der Waals surface area contributed by atoms with Crippen LogP contribution in [0.5, 0.6) is 0 Å². The average Bonchev–Trinajstić information content (AvgIpc) is 3.34. The molecule has 6 nitrogen and oxygen atoms in total. The lowest BCUT2D eigenvalue weighted by Crippen LogP contribution is -2.45. The van der Waals surface area contributed by atoms with Crippen molar-refractivity contribution in [3.8, 4) is 17.2 Å². The molecule has 1 aliphatic rings. The highest BCUT2D eigenvalue weighted by molar-refractivity contribution is 7.89. The van der Waals surface area contributed by atoms with E-state index in [1.54, 1.807) is 12.1 Å². The van der Waals surface area contributed by atoms with Crippen LogP contribution >= 0.6 is 0 Å². The van der Waals surface area contributed by atoms with Gasteiger partial charge in [-0.05, 0) is 72.0 Å². The minimum Gasteiger partial charge on any atom is -0.351 e. The number of nitrogens with one attached hydrogen (secondary N) is 1. The summed E-state index contributed by atoms with van der Waals surface area (Å²) in [5.74, 6) is -0.880. The van der Waals surface area contributed by atoms with Crippen LogP contribution in [-0.2, 0) is 21.4 Å². The van der Waals surface area contributed by atoms with Crippen molar-refractivity contribution in [2.45, 2.75) is 30.3 Å². The summed E-state index contributed by atoms with van der Waals surface area (Å²) in [7, 11) is -3.90. The molecule has 0 bridgehead atoms. The number of nitrogens with zero attached hydrogens (tertiary/aromatic N) is 2. The lowest BCUT2D eigenvalue weighted by Gasteiger charge is -2.23. The van der Waals surface area contributed by atoms with Crippen LogP contribution in [0.2, 0.25) is 0 Å². The molecule has 1 amide bonds. The molecule has 33 heavy (non-hydrogen) atoms. The summed E-state index contributed by atoms with van der Waals surface area (Å²) in [6, 6.07) is 20.8. The van der Waals surface area contributed by atoms with Crippen molar-refractivity contribution in [2.75, 3.05) is 6.54 Å². The Hall–Kier alpha value is -3.54. The molecule has 1 fully saturated rings. The van der Waals surface area contributed by atoms with Crippen molar-refractivity contribution in [3.63, 3.8) is 0 Å². The second kappa shape index (κ2) is 9.53. The second-order valence-electron chi connectivity index (χ2n) is 7.84. The second-order valence-corrected chi connectivity index (χ2v) is 9.73. The predicted octanol–water partition coefficient (Wildman–Crippen LogP) is 3.83. The smallest absolute Gasteiger partial charge is 0.243 e. The number of halogens is 1. The molecule has 8 heteroatoms. The molecule has 3 aromatic rings. The standard InChI is InChI=1S/C25H22FN3O3S/c26-22-10-12-23(13-11-22)33(31,32)29-14-2-5-24(29)25(30)28-17-19-3-1-4-21(15-19)20-8-6-18(16-27)7-9-20/h1,3-4,6-13,15,24H,2,5,14,17H2,(H,28,30)/t24-/m0/s1. The zero-order valence-electron chi connectivity index (χ0n) is 17.7. The summed E-state index contributed by atoms with van der Waals surface area (Å²) < 4.78 is 40.4. The molecule has 1 atom stereocenters. The van der Waals surface area contributed by atoms with Crippen molar-refractivity contribution in [1.82, 2.24) is 9.62 Å². The Balaban J connectivity index is 1.45. The van der Waals surface area contributed by atoms with E-state index in [4.69, 9.17) is 5.26 Å². The minimum atomic E-state index is -3.90. The molecule has 0 saturated carbocycles. The van der Waals surface area contributed by atoms with Crippen LogP contribution in [0.4, 0.5) is 4.39 Å². The normalized spacial score (nSPS) is 16.3. The van der Waals surface area contributed by atoms with Gasteiger partial charge in [-0.2, -0.15) is 9.57 Å². The topological polar surface area (TPSA) is 90.3 Å². The molecular formula is C25H22FN3O3S. The number of carbonyl (C=O) groups excluding carboxylic acids is 1. The third kappa shape index (κ3) is 4.95. The highest BCUT2D eigenvalue weighted by atomic mass is 32.2. The highest BCUT2D eigenvalue weighted by Gasteiger charge is 2.39. The van der Waals surface area contributed by atoms with Gasteiger partial charge in [-0.25, -0.2) is 12.8 Å². The summed E-state index contributed by atoms with van der Waals surface area (Å²) in [5.41, 5.74) is 3.36. The maximum atomic E-state index is 13.2. The van der Waals surface area contributed by atoms with E-state index in [9.17, 15) is 17.6 Å². The van der Waals surface area contributed by atoms with Crippen molar-refractivity contribution in [3.05, 3.63) is 89.7 Å². The van der Waals surface area contributed by atoms with E-state index in [1.165, 1.54) is 16.4 Å². The Bertz CT molecular complexity index is 1300. The number of hydrogen-bond acceptors (Lipinski definition) is 4. The Morgan fingerprint density at radius 1 is 1.06 bits per heavy atom. The van der Waals surface area contributed by atoms with E-state index >= 15 is 0 Å². The Kier molecular flexibility index (Phi) is 6.54. The zero-order chi connectivity index (χ0) is 23.4. The molecule has 168 valence electrons. The van der Waals surface area contributed by atoms with Crippen LogP contribution in [-0.4, -0.2) is 31.2 Å². The highest BCUT2D eigenvalue weighted by Crippen LogP contribution is 2.27. The van der Waals surface area contributed by atoms with Gasteiger partial charge in [-0.1, -0.05) is 30.3 Å². The molecule has 1 N–H and O–H groups in total. The number of rotatable bonds is 6. The van der Waals surface area contributed by atoms with Crippen LogP contribution in [0.1, 0.15) is 24.0 Å². The monoisotopic (exact) mass is 463 g/mol. The number of sulfonamides is 1. The predicted molar refractivity (Wildman–Crippen MR) is 122 cm³/mol. The van der Waals surface area contributed by atoms with Crippen LogP contribution in [0.25, 0.3) is 11.1 Å². The van der Waals surface area contributed by atoms with Crippen molar-refractivity contribution >= 4 is 15.9 Å². The van der Waals surface area contributed by atoms with Gasteiger partial charge in [0.25, 0.3) is 0 Å². The fourth-order valence-corrected chi connectivity index (χ4v) is 5.59. The van der Waals surface area contributed by atoms with E-state index in [-0.39, 0.29) is 23.9 Å². The summed E-state index contributed by atoms with van der Waals surface area (Å²) in [5, 5.41) is 11.8. The molecule has 1 heterocycles. The van der Waals surface area contributed by atoms with E-state index in [2.05, 4.69) is 11.4 Å². The van der Waals surface area contributed by atoms with Crippen LogP contribution in [0.15, 0.2) is 77.7 Å². The number of amides is 1. The van der Waals surface area contributed by atoms with Crippen molar-refractivity contribution in [2.24, 2.45) is 0 Å². The van der Waals surface area contributed by atoms with Crippen molar-refractivity contribution < 1.29 is 17.6 Å². The Morgan fingerprint density at radius 2 is 1.79 bits per heavy atom. The fourth-order valence-electron chi connectivity index (χ4n) is 3.94. The molecule has 0 aliphatic carbocycles. The van der Waals surface area contributed by atoms with Crippen molar-refractivity contribution in [1.29, 1.82) is 5.26 Å². The molecule has 3 aromatic carbocycles. The maximum absolute atomic E-state index is 13.2. The Morgan fingerprint density at radius 3 is 2.48 bits per heavy atom. The summed E-state index contributed by atoms with van der Waals surface area (Å²) in [4.78, 5) is 12.8. The molecule has 4 rings (SSSR count). The summed E-state index contributed by atoms with van der Waals surface area (Å²) in [6.07, 6.45) is 1.00. The average molecular weight is 464 g/mol. The SMILES string of the molecule is N#Cc1ccc(-c2cccc(CNC(=O)[C@@H]3CCCN3S(=O)(=O)c3ccc(F)cc3)c2)cc1. The van der Waals surface area contributed by atoms with Crippen LogP contribution in [0, 0.1) is 17.1 Å². The first-order valence-electron chi connectivity index (χ1n) is 10.5. The van der Waals surface area contributed by atoms with Gasteiger partial charge in [0.2, 0.25) is 15.9 Å². The van der Waals surface area contributed by atoms with E-state index < -0.39 is 21.9 Å². The quantitative estimate of drug-likeness (QED) is 0.602. The van der Waals surface area contributed by atoms with Gasteiger partial charge >= 0.3 is 0 Å². The number of benzene rings is 3. The van der Waals surface area contributed by atoms with E-state index in [1.807, 2.05) is 36.4 Å². The summed E-state index contributed by atoms with van der Waals surface area (Å²) >= 11 is 0. The third-order valence-corrected chi connectivity index (χ3v) is 7.59. The van der Waals surface area contributed by atoms with Gasteiger partial charge < -0.3 is 5.32 Å². The first-order valence-corrected chi connectivity index (χ1v) is 12.0. The van der Waals surface area contributed by atoms with Gasteiger partial charge in [0.15, 0.2) is 0 Å². The zero-order valence-corrected chi connectivity index (χ0v) is 18.6. The molecule has 1 saturated heterocycles. The van der Waals surface area contributed by atoms with Gasteiger partial charge in [0, 0.05) is 13.1 Å². The van der Waals surface area contributed by atoms with Gasteiger partial charge in [-0.3, -0.25) is 4.79 Å². The number of nitriles is 1. The largest absolute Gasteiger partial charge is 0.351 e. The van der Waals surface area contributed by atoms with E-state index in [0.717, 1.165) is 28.8 Å². The van der Waals surface area contributed by atoms with Gasteiger partial charge in [0.05, 0.1) is 16.5 Å². The fraction of sp³-hybridized carbons (Fsp3) is 0.200. The molecular weight excluding hydrogens is 441 g/mol. The maximum Gasteiger partial charge on any atom is 0.243 e. The number of carbonyl (C=O) groups is 1. The van der Waals surface area contributed by atoms with Gasteiger partial charge in [-0.15, -0.1) is 0 Å². The molecule has 0 unspecified atom stereocenters. The van der Waals surface area contributed by atoms with E-state index in [0.29, 0.717) is 18.4 Å². The number of hydrogen-bond donors (Lipinski definition) is 1. The lowest BCUT2D eigenvalue weighted by atomic mass is 10.0. The Labute approximate surface area is 192 Å². The molecule has 0 aromatic heterocycles. The summed E-state index contributed by atoms with van der Waals surface area (Å²) in [6.45, 7) is 0.496. The minimum absolute atomic E-state index is 0.0290. The van der Waals surface area contributed by atoms with Gasteiger partial charge in [0.1, 0.15) is 11.9 Å². The van der Waals surface area contributed by atoms with Crippen LogP contribution < -0.4 is 5.32 Å². The van der Waals surface area contributed by atoms with Crippen LogP contribution in [0.3, 0.4) is 0 Å². The third-order valence-electron chi connectivity index (χ3n) is 5.67. The first kappa shape index (κ1) is 22.6.